The summed E-state index contributed by atoms with van der Waals surface area (Å²) in [5, 5.41) is 0. The first kappa shape index (κ1) is 12.3. The maximum Gasteiger partial charge on any atom is 0.471 e. The van der Waals surface area contributed by atoms with Gasteiger partial charge in [-0.25, -0.2) is 0 Å². The molecular formula is C8H14F3NO. The lowest BCUT2D eigenvalue weighted by Crippen LogP contribution is -2.43. The number of nitrogens with zero attached hydrogens (tertiary/aromatic N) is 1. The van der Waals surface area contributed by atoms with E-state index in [1.165, 1.54) is 7.05 Å². The smallest absolute Gasteiger partial charge is 0.335 e. The van der Waals surface area contributed by atoms with Crippen LogP contribution in [0.3, 0.4) is 0 Å². The van der Waals surface area contributed by atoms with E-state index < -0.39 is 12.1 Å². The Morgan fingerprint density at radius 1 is 1.46 bits per heavy atom. The predicted octanol–water partition coefficient (Wildman–Crippen LogP) is 2.20. The highest BCUT2D eigenvalue weighted by Gasteiger charge is 2.42. The molecule has 2 nitrogen and oxygen atoms in total. The zero-order valence-electron chi connectivity index (χ0n) is 7.98. The van der Waals surface area contributed by atoms with Gasteiger partial charge in [0.2, 0.25) is 0 Å². The van der Waals surface area contributed by atoms with E-state index in [1.54, 1.807) is 6.92 Å². The van der Waals surface area contributed by atoms with Gasteiger partial charge in [0, 0.05) is 13.1 Å². The molecule has 78 valence electrons. The number of amides is 1. The summed E-state index contributed by atoms with van der Waals surface area (Å²) in [5.41, 5.74) is 0. The molecule has 0 radical (unpaired) electrons. The molecule has 0 fully saturated rings. The fourth-order valence-corrected chi connectivity index (χ4v) is 1.01. The zero-order chi connectivity index (χ0) is 10.6. The number of carbonyl (C=O) groups excluding carboxylic acids is 1. The molecule has 0 heterocycles. The van der Waals surface area contributed by atoms with Gasteiger partial charge in [0.05, 0.1) is 0 Å². The molecule has 5 heteroatoms. The van der Waals surface area contributed by atoms with Crippen molar-refractivity contribution < 1.29 is 18.0 Å². The Labute approximate surface area is 75.7 Å². The highest BCUT2D eigenvalue weighted by atomic mass is 19.4. The molecule has 0 rings (SSSR count). The number of hydrogen-bond acceptors (Lipinski definition) is 1. The SMILES string of the molecule is CCCC(C)N(C)C(=O)C(F)(F)F. The van der Waals surface area contributed by atoms with E-state index in [9.17, 15) is 18.0 Å². The lowest BCUT2D eigenvalue weighted by Gasteiger charge is -2.25. The van der Waals surface area contributed by atoms with Crippen LogP contribution >= 0.6 is 0 Å². The average molecular weight is 197 g/mol. The number of halogens is 3. The molecule has 13 heavy (non-hydrogen) atoms. The fourth-order valence-electron chi connectivity index (χ4n) is 1.01. The van der Waals surface area contributed by atoms with Crippen molar-refractivity contribution in [1.82, 2.24) is 4.90 Å². The second kappa shape index (κ2) is 4.48. The van der Waals surface area contributed by atoms with Crippen LogP contribution in [0.2, 0.25) is 0 Å². The maximum absolute atomic E-state index is 11.9. The Kier molecular flexibility index (Phi) is 4.23. The van der Waals surface area contributed by atoms with Crippen LogP contribution in [0.25, 0.3) is 0 Å². The summed E-state index contributed by atoms with van der Waals surface area (Å²) in [6.07, 6.45) is -3.41. The molecule has 0 saturated carbocycles. The zero-order valence-corrected chi connectivity index (χ0v) is 7.98. The number of hydrogen-bond donors (Lipinski definition) is 0. The molecule has 0 aromatic rings. The van der Waals surface area contributed by atoms with Gasteiger partial charge < -0.3 is 4.90 Å². The maximum atomic E-state index is 11.9. The first-order valence-corrected chi connectivity index (χ1v) is 4.14. The van der Waals surface area contributed by atoms with Crippen molar-refractivity contribution in [3.8, 4) is 0 Å². The van der Waals surface area contributed by atoms with E-state index in [-0.39, 0.29) is 6.04 Å². The van der Waals surface area contributed by atoms with Crippen LogP contribution in [0.5, 0.6) is 0 Å². The van der Waals surface area contributed by atoms with Gasteiger partial charge >= 0.3 is 12.1 Å². The molecule has 1 atom stereocenters. The standard InChI is InChI=1S/C8H14F3NO/c1-4-5-6(2)12(3)7(13)8(9,10)11/h6H,4-5H2,1-3H3. The van der Waals surface area contributed by atoms with Crippen molar-refractivity contribution in [3.05, 3.63) is 0 Å². The van der Waals surface area contributed by atoms with Crippen LogP contribution in [-0.4, -0.2) is 30.1 Å². The third-order valence-electron chi connectivity index (χ3n) is 1.93. The van der Waals surface area contributed by atoms with E-state index in [0.717, 1.165) is 11.3 Å². The quantitative estimate of drug-likeness (QED) is 0.679. The highest BCUT2D eigenvalue weighted by molar-refractivity contribution is 5.81. The Bertz CT molecular complexity index is 179. The number of alkyl halides is 3. The summed E-state index contributed by atoms with van der Waals surface area (Å²) in [6.45, 7) is 3.47. The second-order valence-electron chi connectivity index (χ2n) is 3.05. The number of carbonyl (C=O) groups is 1. The molecule has 1 amide bonds. The van der Waals surface area contributed by atoms with Crippen LogP contribution < -0.4 is 0 Å². The molecular weight excluding hydrogens is 183 g/mol. The molecule has 0 aromatic heterocycles. The molecule has 0 bridgehead atoms. The van der Waals surface area contributed by atoms with Crippen LogP contribution in [0.1, 0.15) is 26.7 Å². The molecule has 0 aliphatic heterocycles. The third kappa shape index (κ3) is 3.65. The van der Waals surface area contributed by atoms with Crippen LogP contribution in [0.15, 0.2) is 0 Å². The van der Waals surface area contributed by atoms with Gasteiger partial charge in [-0.1, -0.05) is 13.3 Å². The monoisotopic (exact) mass is 197 g/mol. The summed E-state index contributed by atoms with van der Waals surface area (Å²) in [6, 6.07) is -0.362. The highest BCUT2D eigenvalue weighted by Crippen LogP contribution is 2.19. The van der Waals surface area contributed by atoms with E-state index in [1.807, 2.05) is 6.92 Å². The van der Waals surface area contributed by atoms with E-state index in [0.29, 0.717) is 6.42 Å². The molecule has 0 aliphatic rings. The third-order valence-corrected chi connectivity index (χ3v) is 1.93. The van der Waals surface area contributed by atoms with Crippen molar-refractivity contribution in [3.63, 3.8) is 0 Å². The van der Waals surface area contributed by atoms with Crippen molar-refractivity contribution in [2.24, 2.45) is 0 Å². The summed E-state index contributed by atoms with van der Waals surface area (Å²) in [7, 11) is 1.18. The van der Waals surface area contributed by atoms with Crippen molar-refractivity contribution >= 4 is 5.91 Å². The summed E-state index contributed by atoms with van der Waals surface area (Å²) >= 11 is 0. The van der Waals surface area contributed by atoms with Crippen LogP contribution in [0.4, 0.5) is 13.2 Å². The number of rotatable bonds is 3. The first-order chi connectivity index (χ1) is 5.80. The minimum atomic E-state index is -4.75. The van der Waals surface area contributed by atoms with Gasteiger partial charge in [-0.3, -0.25) is 4.79 Å². The molecule has 0 saturated heterocycles. The van der Waals surface area contributed by atoms with Crippen molar-refractivity contribution in [1.29, 1.82) is 0 Å². The minimum absolute atomic E-state index is 0.362. The molecule has 0 N–H and O–H groups in total. The van der Waals surface area contributed by atoms with Gasteiger partial charge in [-0.15, -0.1) is 0 Å². The molecule has 0 aromatic carbocycles. The summed E-state index contributed by atoms with van der Waals surface area (Å²) in [4.78, 5) is 11.4. The normalized spacial score (nSPS) is 14.0. The topological polar surface area (TPSA) is 20.3 Å². The summed E-state index contributed by atoms with van der Waals surface area (Å²) in [5.74, 6) is -1.77. The Morgan fingerprint density at radius 3 is 2.23 bits per heavy atom. The van der Waals surface area contributed by atoms with Gasteiger partial charge in [-0.05, 0) is 13.3 Å². The van der Waals surface area contributed by atoms with Crippen molar-refractivity contribution in [2.45, 2.75) is 38.9 Å². The fraction of sp³-hybridized carbons (Fsp3) is 0.875. The lowest BCUT2D eigenvalue weighted by atomic mass is 10.2. The van der Waals surface area contributed by atoms with E-state index in [4.69, 9.17) is 0 Å². The first-order valence-electron chi connectivity index (χ1n) is 4.14. The largest absolute Gasteiger partial charge is 0.471 e. The predicted molar refractivity (Wildman–Crippen MR) is 43.2 cm³/mol. The molecule has 0 spiro atoms. The lowest BCUT2D eigenvalue weighted by molar-refractivity contribution is -0.186. The van der Waals surface area contributed by atoms with Gasteiger partial charge in [0.25, 0.3) is 0 Å². The van der Waals surface area contributed by atoms with Crippen LogP contribution in [0, 0.1) is 0 Å². The minimum Gasteiger partial charge on any atom is -0.335 e. The Morgan fingerprint density at radius 2 is 1.92 bits per heavy atom. The van der Waals surface area contributed by atoms with Gasteiger partial charge in [0.15, 0.2) is 0 Å². The Hall–Kier alpha value is -0.740. The van der Waals surface area contributed by atoms with Gasteiger partial charge in [0.1, 0.15) is 0 Å². The van der Waals surface area contributed by atoms with E-state index in [2.05, 4.69) is 0 Å². The van der Waals surface area contributed by atoms with Gasteiger partial charge in [-0.2, -0.15) is 13.2 Å². The molecule has 1 unspecified atom stereocenters. The van der Waals surface area contributed by atoms with Crippen molar-refractivity contribution in [2.75, 3.05) is 7.05 Å². The van der Waals surface area contributed by atoms with Crippen LogP contribution in [-0.2, 0) is 4.79 Å². The Balaban J connectivity index is 4.26. The van der Waals surface area contributed by atoms with E-state index >= 15 is 0 Å². The average Bonchev–Trinajstić information content (AvgIpc) is 2.00. The molecule has 0 aliphatic carbocycles. The second-order valence-corrected chi connectivity index (χ2v) is 3.05. The summed E-state index contributed by atoms with van der Waals surface area (Å²) < 4.78 is 35.7.